The van der Waals surface area contributed by atoms with E-state index in [9.17, 15) is 0 Å². The second-order valence-corrected chi connectivity index (χ2v) is 7.24. The van der Waals surface area contributed by atoms with Crippen molar-refractivity contribution in [3.05, 3.63) is 29.3 Å². The van der Waals surface area contributed by atoms with Crippen LogP contribution in [0.3, 0.4) is 0 Å². The molecular weight excluding hydrogens is 399 g/mol. The van der Waals surface area contributed by atoms with Crippen LogP contribution in [0, 0.1) is 12.3 Å². The van der Waals surface area contributed by atoms with Gasteiger partial charge in [-0.25, -0.2) is 0 Å². The van der Waals surface area contributed by atoms with Gasteiger partial charge in [-0.15, -0.1) is 24.0 Å². The fourth-order valence-corrected chi connectivity index (χ4v) is 2.96. The second kappa shape index (κ2) is 8.22. The normalized spacial score (nSPS) is 17.0. The van der Waals surface area contributed by atoms with E-state index in [-0.39, 0.29) is 24.0 Å². The predicted molar refractivity (Wildman–Crippen MR) is 111 cm³/mol. The molecule has 2 rings (SSSR count). The third-order valence-corrected chi connectivity index (χ3v) is 4.47. The minimum Gasteiger partial charge on any atom is -0.378 e. The van der Waals surface area contributed by atoms with Crippen molar-refractivity contribution in [2.45, 2.75) is 33.7 Å². The second-order valence-electron chi connectivity index (χ2n) is 7.24. The van der Waals surface area contributed by atoms with Crippen LogP contribution in [0.2, 0.25) is 0 Å². The van der Waals surface area contributed by atoms with Gasteiger partial charge in [0.25, 0.3) is 0 Å². The number of guanidine groups is 1. The van der Waals surface area contributed by atoms with Crippen molar-refractivity contribution in [3.63, 3.8) is 0 Å². The zero-order valence-electron chi connectivity index (χ0n) is 15.3. The number of nitrogens with zero attached hydrogens (tertiary/aromatic N) is 3. The smallest absolute Gasteiger partial charge is 0.193 e. The summed E-state index contributed by atoms with van der Waals surface area (Å²) in [7, 11) is 6.02. The van der Waals surface area contributed by atoms with E-state index in [0.717, 1.165) is 25.6 Å². The number of aliphatic imine (C=N–C) groups is 1. The molecule has 0 aliphatic carbocycles. The number of nitrogens with one attached hydrogen (secondary N) is 1. The molecule has 1 heterocycles. The van der Waals surface area contributed by atoms with E-state index in [1.54, 1.807) is 0 Å². The Balaban J connectivity index is 0.00000264. The molecule has 0 atom stereocenters. The molecule has 0 spiro atoms. The highest BCUT2D eigenvalue weighted by atomic mass is 127. The number of likely N-dealkylation sites (tertiary alicyclic amines) is 1. The molecule has 0 unspecified atom stereocenters. The van der Waals surface area contributed by atoms with Crippen LogP contribution in [0.15, 0.2) is 23.2 Å². The van der Waals surface area contributed by atoms with Gasteiger partial charge in [0.2, 0.25) is 0 Å². The third-order valence-electron chi connectivity index (χ3n) is 4.47. The highest BCUT2D eigenvalue weighted by Gasteiger charge is 2.30. The SMILES string of the molecule is CN=C(NCc1ccc(N(C)C)cc1C)N1CCC(C)(C)C1.I. The Morgan fingerprint density at radius 2 is 2.04 bits per heavy atom. The number of aryl methyl sites for hydroxylation is 1. The van der Waals surface area contributed by atoms with Crippen LogP contribution in [0.25, 0.3) is 0 Å². The molecule has 130 valence electrons. The quantitative estimate of drug-likeness (QED) is 0.453. The maximum atomic E-state index is 4.45. The molecule has 1 saturated heterocycles. The highest BCUT2D eigenvalue weighted by molar-refractivity contribution is 14.0. The fraction of sp³-hybridized carbons (Fsp3) is 0.611. The van der Waals surface area contributed by atoms with Gasteiger partial charge in [0, 0.05) is 46.5 Å². The Morgan fingerprint density at radius 1 is 1.35 bits per heavy atom. The molecule has 23 heavy (non-hydrogen) atoms. The van der Waals surface area contributed by atoms with E-state index < -0.39 is 0 Å². The van der Waals surface area contributed by atoms with E-state index in [1.165, 1.54) is 23.2 Å². The molecule has 5 heteroatoms. The topological polar surface area (TPSA) is 30.9 Å². The lowest BCUT2D eigenvalue weighted by Gasteiger charge is -2.24. The first kappa shape index (κ1) is 20.1. The van der Waals surface area contributed by atoms with Crippen LogP contribution in [0.5, 0.6) is 0 Å². The van der Waals surface area contributed by atoms with Crippen molar-refractivity contribution in [1.82, 2.24) is 10.2 Å². The van der Waals surface area contributed by atoms with E-state index in [0.29, 0.717) is 5.41 Å². The molecule has 1 aromatic rings. The zero-order chi connectivity index (χ0) is 16.3. The molecule has 0 bridgehead atoms. The van der Waals surface area contributed by atoms with Crippen molar-refractivity contribution in [1.29, 1.82) is 0 Å². The molecule has 0 radical (unpaired) electrons. The van der Waals surface area contributed by atoms with Crippen LogP contribution < -0.4 is 10.2 Å². The molecular formula is C18H31IN4. The monoisotopic (exact) mass is 430 g/mol. The summed E-state index contributed by atoms with van der Waals surface area (Å²) in [4.78, 5) is 8.95. The first-order valence-corrected chi connectivity index (χ1v) is 8.05. The maximum absolute atomic E-state index is 4.45. The maximum Gasteiger partial charge on any atom is 0.193 e. The molecule has 1 fully saturated rings. The number of halogens is 1. The van der Waals surface area contributed by atoms with Gasteiger partial charge < -0.3 is 15.1 Å². The molecule has 0 amide bonds. The lowest BCUT2D eigenvalue weighted by Crippen LogP contribution is -2.40. The van der Waals surface area contributed by atoms with Crippen molar-refractivity contribution in [2.24, 2.45) is 10.4 Å². The number of rotatable bonds is 3. The molecule has 0 aromatic heterocycles. The number of benzene rings is 1. The largest absolute Gasteiger partial charge is 0.378 e. The van der Waals surface area contributed by atoms with Crippen LogP contribution in [-0.2, 0) is 6.54 Å². The van der Waals surface area contributed by atoms with Gasteiger partial charge in [0.05, 0.1) is 0 Å². The Hall–Kier alpha value is -0.980. The number of hydrogen-bond acceptors (Lipinski definition) is 2. The molecule has 4 nitrogen and oxygen atoms in total. The van der Waals surface area contributed by atoms with Crippen molar-refractivity contribution in [3.8, 4) is 0 Å². The summed E-state index contributed by atoms with van der Waals surface area (Å²) in [6.07, 6.45) is 1.23. The van der Waals surface area contributed by atoms with E-state index in [1.807, 2.05) is 7.05 Å². The van der Waals surface area contributed by atoms with Gasteiger partial charge in [-0.3, -0.25) is 4.99 Å². The summed E-state index contributed by atoms with van der Waals surface area (Å²) in [5.41, 5.74) is 4.27. The van der Waals surface area contributed by atoms with Crippen molar-refractivity contribution < 1.29 is 0 Å². The molecule has 1 N–H and O–H groups in total. The Morgan fingerprint density at radius 3 is 2.52 bits per heavy atom. The lowest BCUT2D eigenvalue weighted by molar-refractivity contribution is 0.370. The minimum atomic E-state index is 0. The fourth-order valence-electron chi connectivity index (χ4n) is 2.96. The summed E-state index contributed by atoms with van der Waals surface area (Å²) in [6, 6.07) is 6.61. The Kier molecular flexibility index (Phi) is 7.17. The summed E-state index contributed by atoms with van der Waals surface area (Å²) in [5.74, 6) is 1.02. The Bertz CT molecular complexity index is 552. The average Bonchev–Trinajstić information content (AvgIpc) is 2.81. The van der Waals surface area contributed by atoms with Gasteiger partial charge in [-0.05, 0) is 42.0 Å². The summed E-state index contributed by atoms with van der Waals surface area (Å²) in [6.45, 7) is 9.81. The van der Waals surface area contributed by atoms with Gasteiger partial charge in [-0.1, -0.05) is 19.9 Å². The lowest BCUT2D eigenvalue weighted by atomic mass is 9.93. The molecule has 1 aromatic carbocycles. The summed E-state index contributed by atoms with van der Waals surface area (Å²) < 4.78 is 0. The average molecular weight is 430 g/mol. The van der Waals surface area contributed by atoms with Gasteiger partial charge in [0.1, 0.15) is 0 Å². The van der Waals surface area contributed by atoms with Crippen LogP contribution in [0.1, 0.15) is 31.4 Å². The predicted octanol–water partition coefficient (Wildman–Crippen LogP) is 3.49. The highest BCUT2D eigenvalue weighted by Crippen LogP contribution is 2.28. The van der Waals surface area contributed by atoms with E-state index in [2.05, 4.69) is 73.2 Å². The summed E-state index contributed by atoms with van der Waals surface area (Å²) >= 11 is 0. The standard InChI is InChI=1S/C18H30N4.HI/c1-14-11-16(21(5)6)8-7-15(14)12-20-17(19-4)22-10-9-18(2,3)13-22;/h7-8,11H,9-10,12-13H2,1-6H3,(H,19,20);1H. The van der Waals surface area contributed by atoms with E-state index in [4.69, 9.17) is 0 Å². The van der Waals surface area contributed by atoms with Gasteiger partial charge >= 0.3 is 0 Å². The molecule has 0 saturated carbocycles. The zero-order valence-corrected chi connectivity index (χ0v) is 17.6. The van der Waals surface area contributed by atoms with Crippen molar-refractivity contribution >= 4 is 35.6 Å². The van der Waals surface area contributed by atoms with Crippen LogP contribution >= 0.6 is 24.0 Å². The first-order valence-electron chi connectivity index (χ1n) is 8.05. The molecule has 1 aliphatic heterocycles. The van der Waals surface area contributed by atoms with Crippen molar-refractivity contribution in [2.75, 3.05) is 39.1 Å². The van der Waals surface area contributed by atoms with Gasteiger partial charge in [-0.2, -0.15) is 0 Å². The minimum absolute atomic E-state index is 0. The molecule has 1 aliphatic rings. The number of hydrogen-bond donors (Lipinski definition) is 1. The Labute approximate surface area is 158 Å². The van der Waals surface area contributed by atoms with Crippen LogP contribution in [0.4, 0.5) is 5.69 Å². The summed E-state index contributed by atoms with van der Waals surface area (Å²) in [5, 5.41) is 3.52. The van der Waals surface area contributed by atoms with Crippen LogP contribution in [-0.4, -0.2) is 45.1 Å². The van der Waals surface area contributed by atoms with Gasteiger partial charge in [0.15, 0.2) is 5.96 Å². The number of anilines is 1. The third kappa shape index (κ3) is 5.26. The van der Waals surface area contributed by atoms with E-state index >= 15 is 0 Å². The first-order chi connectivity index (χ1) is 10.3.